The van der Waals surface area contributed by atoms with Gasteiger partial charge in [0.25, 0.3) is 5.91 Å². The molecule has 7 nitrogen and oxygen atoms in total. The maximum Gasteiger partial charge on any atom is 0.330 e. The lowest BCUT2D eigenvalue weighted by Crippen LogP contribution is -2.53. The van der Waals surface area contributed by atoms with Crippen molar-refractivity contribution in [1.29, 1.82) is 0 Å². The smallest absolute Gasteiger partial charge is 0.330 e. The molecule has 0 saturated carbocycles. The molecule has 17 heavy (non-hydrogen) atoms. The first-order valence-corrected chi connectivity index (χ1v) is 4.87. The second-order valence-electron chi connectivity index (χ2n) is 3.15. The molecule has 0 spiro atoms. The van der Waals surface area contributed by atoms with E-state index >= 15 is 0 Å². The highest BCUT2D eigenvalue weighted by Crippen LogP contribution is 2.03. The van der Waals surface area contributed by atoms with Gasteiger partial charge in [-0.05, 0) is 12.1 Å². The highest BCUT2D eigenvalue weighted by Gasteiger charge is 2.29. The number of nitrogens with zero attached hydrogens (tertiary/aromatic N) is 2. The summed E-state index contributed by atoms with van der Waals surface area (Å²) in [6.07, 6.45) is 1.43. The van der Waals surface area contributed by atoms with Crippen LogP contribution in [-0.4, -0.2) is 51.8 Å². The van der Waals surface area contributed by atoms with Crippen molar-refractivity contribution in [1.82, 2.24) is 15.4 Å². The lowest BCUT2D eigenvalue weighted by Gasteiger charge is -2.25. The summed E-state index contributed by atoms with van der Waals surface area (Å²) in [7, 11) is 1.40. The van der Waals surface area contributed by atoms with Crippen molar-refractivity contribution in [3.05, 3.63) is 30.1 Å². The van der Waals surface area contributed by atoms with Crippen LogP contribution in [0.2, 0.25) is 0 Å². The molecule has 92 valence electrons. The maximum atomic E-state index is 11.9. The summed E-state index contributed by atoms with van der Waals surface area (Å²) < 4.78 is 0. The number of aromatic nitrogens is 1. The summed E-state index contributed by atoms with van der Waals surface area (Å²) in [5.41, 5.74) is 2.53. The number of carboxylic acid groups (broad SMARTS) is 1. The van der Waals surface area contributed by atoms with Gasteiger partial charge in [-0.3, -0.25) is 14.8 Å². The Labute approximate surface area is 97.7 Å². The number of aliphatic hydroxyl groups excluding tert-OH is 1. The number of carbonyl (C=O) groups excluding carboxylic acids is 1. The van der Waals surface area contributed by atoms with Gasteiger partial charge in [0.05, 0.1) is 6.61 Å². The molecule has 0 aliphatic rings. The van der Waals surface area contributed by atoms with E-state index in [1.54, 1.807) is 12.1 Å². The number of hydrogen-bond acceptors (Lipinski definition) is 5. The number of pyridine rings is 1. The van der Waals surface area contributed by atoms with E-state index in [0.29, 0.717) is 0 Å². The van der Waals surface area contributed by atoms with Crippen molar-refractivity contribution >= 4 is 11.9 Å². The summed E-state index contributed by atoms with van der Waals surface area (Å²) >= 11 is 0. The Morgan fingerprint density at radius 3 is 2.65 bits per heavy atom. The van der Waals surface area contributed by atoms with Crippen LogP contribution in [0.25, 0.3) is 0 Å². The molecular formula is C10H13N3O4. The molecule has 1 unspecified atom stereocenters. The van der Waals surface area contributed by atoms with E-state index in [9.17, 15) is 9.59 Å². The fraction of sp³-hybridized carbons (Fsp3) is 0.300. The zero-order valence-electron chi connectivity index (χ0n) is 9.20. The van der Waals surface area contributed by atoms with Crippen molar-refractivity contribution in [2.45, 2.75) is 6.04 Å². The lowest BCUT2D eigenvalue weighted by atomic mass is 10.2. The summed E-state index contributed by atoms with van der Waals surface area (Å²) in [5.74, 6) is -1.92. The molecule has 0 aliphatic heterocycles. The first-order chi connectivity index (χ1) is 8.11. The number of rotatable bonds is 5. The molecule has 1 aromatic heterocycles. The minimum Gasteiger partial charge on any atom is -0.480 e. The number of hydrazine groups is 1. The molecule has 1 aromatic rings. The number of nitrogens with one attached hydrogen (secondary N) is 1. The van der Waals surface area contributed by atoms with Crippen LogP contribution in [0.3, 0.4) is 0 Å². The molecule has 0 bridgehead atoms. The highest BCUT2D eigenvalue weighted by atomic mass is 16.4. The summed E-state index contributed by atoms with van der Waals surface area (Å²) in [5, 5.41) is 18.6. The average molecular weight is 239 g/mol. The van der Waals surface area contributed by atoms with Gasteiger partial charge in [-0.2, -0.15) is 0 Å². The topological polar surface area (TPSA) is 103 Å². The SMILES string of the molecule is CNN(C(=O)c1ccccn1)C(CO)C(=O)O. The van der Waals surface area contributed by atoms with E-state index in [-0.39, 0.29) is 5.69 Å². The zero-order chi connectivity index (χ0) is 12.8. The molecular weight excluding hydrogens is 226 g/mol. The van der Waals surface area contributed by atoms with Gasteiger partial charge < -0.3 is 10.2 Å². The second-order valence-corrected chi connectivity index (χ2v) is 3.15. The molecule has 3 N–H and O–H groups in total. The number of aliphatic carboxylic acids is 1. The van der Waals surface area contributed by atoms with Crippen LogP contribution < -0.4 is 5.43 Å². The highest BCUT2D eigenvalue weighted by molar-refractivity contribution is 5.94. The van der Waals surface area contributed by atoms with Crippen LogP contribution in [0, 0.1) is 0 Å². The molecule has 0 aromatic carbocycles. The van der Waals surface area contributed by atoms with Gasteiger partial charge in [0, 0.05) is 13.2 Å². The third-order valence-corrected chi connectivity index (χ3v) is 2.11. The van der Waals surface area contributed by atoms with Crippen LogP contribution >= 0.6 is 0 Å². The van der Waals surface area contributed by atoms with Gasteiger partial charge in [-0.1, -0.05) is 6.07 Å². The average Bonchev–Trinajstić information content (AvgIpc) is 2.35. The molecule has 1 heterocycles. The van der Waals surface area contributed by atoms with Gasteiger partial charge in [0.15, 0.2) is 6.04 Å². The predicted octanol–water partition coefficient (Wildman–Crippen LogP) is -0.896. The largest absolute Gasteiger partial charge is 0.480 e. The normalized spacial score (nSPS) is 11.9. The van der Waals surface area contributed by atoms with Gasteiger partial charge in [-0.15, -0.1) is 0 Å². The van der Waals surface area contributed by atoms with Gasteiger partial charge >= 0.3 is 5.97 Å². The Balaban J connectivity index is 2.95. The van der Waals surface area contributed by atoms with Crippen molar-refractivity contribution in [2.75, 3.05) is 13.7 Å². The molecule has 1 rings (SSSR count). The van der Waals surface area contributed by atoms with Crippen LogP contribution in [0.5, 0.6) is 0 Å². The van der Waals surface area contributed by atoms with Gasteiger partial charge in [-0.25, -0.2) is 10.2 Å². The van der Waals surface area contributed by atoms with Crippen molar-refractivity contribution < 1.29 is 19.8 Å². The maximum absolute atomic E-state index is 11.9. The van der Waals surface area contributed by atoms with Gasteiger partial charge in [0.2, 0.25) is 0 Å². The Bertz CT molecular complexity index is 396. The lowest BCUT2D eigenvalue weighted by molar-refractivity contribution is -0.144. The molecule has 0 saturated heterocycles. The third-order valence-electron chi connectivity index (χ3n) is 2.11. The first kappa shape index (κ1) is 13.1. The van der Waals surface area contributed by atoms with E-state index < -0.39 is 24.5 Å². The number of carbonyl (C=O) groups is 2. The predicted molar refractivity (Wildman–Crippen MR) is 58.0 cm³/mol. The van der Waals surface area contributed by atoms with Crippen LogP contribution in [-0.2, 0) is 4.79 Å². The Morgan fingerprint density at radius 2 is 2.24 bits per heavy atom. The van der Waals surface area contributed by atoms with E-state index in [0.717, 1.165) is 5.01 Å². The summed E-state index contributed by atoms with van der Waals surface area (Å²) in [6, 6.07) is 3.36. The minimum absolute atomic E-state index is 0.0987. The third kappa shape index (κ3) is 2.99. The van der Waals surface area contributed by atoms with Crippen LogP contribution in [0.15, 0.2) is 24.4 Å². The Hall–Kier alpha value is -1.99. The number of aliphatic hydroxyl groups is 1. The van der Waals surface area contributed by atoms with E-state index in [1.807, 2.05) is 0 Å². The Kier molecular flexibility index (Phi) is 4.56. The number of amides is 1. The summed E-state index contributed by atoms with van der Waals surface area (Å²) in [4.78, 5) is 26.6. The van der Waals surface area contributed by atoms with Crippen molar-refractivity contribution in [3.63, 3.8) is 0 Å². The van der Waals surface area contributed by atoms with Gasteiger partial charge in [0.1, 0.15) is 5.69 Å². The zero-order valence-corrected chi connectivity index (χ0v) is 9.20. The molecule has 0 fully saturated rings. The van der Waals surface area contributed by atoms with Crippen LogP contribution in [0.1, 0.15) is 10.5 Å². The molecule has 0 aliphatic carbocycles. The molecule has 1 amide bonds. The standard InChI is InChI=1S/C10H13N3O4/c1-11-13(8(6-14)10(16)17)9(15)7-4-2-3-5-12-7/h2-5,8,11,14H,6H2,1H3,(H,16,17). The molecule has 7 heteroatoms. The summed E-state index contributed by atoms with van der Waals surface area (Å²) in [6.45, 7) is -0.686. The number of hydrogen-bond donors (Lipinski definition) is 3. The molecule has 1 atom stereocenters. The monoisotopic (exact) mass is 239 g/mol. The van der Waals surface area contributed by atoms with Crippen LogP contribution in [0.4, 0.5) is 0 Å². The fourth-order valence-corrected chi connectivity index (χ4v) is 1.28. The molecule has 0 radical (unpaired) electrons. The Morgan fingerprint density at radius 1 is 1.53 bits per heavy atom. The van der Waals surface area contributed by atoms with Crippen molar-refractivity contribution in [2.24, 2.45) is 0 Å². The number of carboxylic acids is 1. The van der Waals surface area contributed by atoms with E-state index in [1.165, 1.54) is 19.3 Å². The quantitative estimate of drug-likeness (QED) is 0.576. The second kappa shape index (κ2) is 5.92. The van der Waals surface area contributed by atoms with E-state index in [2.05, 4.69) is 10.4 Å². The van der Waals surface area contributed by atoms with Crippen molar-refractivity contribution in [3.8, 4) is 0 Å². The fourth-order valence-electron chi connectivity index (χ4n) is 1.28. The first-order valence-electron chi connectivity index (χ1n) is 4.87. The van der Waals surface area contributed by atoms with E-state index in [4.69, 9.17) is 10.2 Å². The minimum atomic E-state index is -1.35.